The van der Waals surface area contributed by atoms with Crippen molar-refractivity contribution in [2.24, 2.45) is 0 Å². The van der Waals surface area contributed by atoms with E-state index in [9.17, 15) is 0 Å². The molecule has 1 aliphatic carbocycles. The van der Waals surface area contributed by atoms with Crippen LogP contribution < -0.4 is 0 Å². The number of benzene rings is 8. The number of hydrogen-bond acceptors (Lipinski definition) is 4. The number of furan rings is 1. The Kier molecular flexibility index (Phi) is 6.52. The Hall–Kier alpha value is -7.17. The number of aromatic nitrogens is 3. The van der Waals surface area contributed by atoms with Crippen LogP contribution in [0, 0.1) is 0 Å². The summed E-state index contributed by atoms with van der Waals surface area (Å²) in [6.07, 6.45) is 0. The van der Waals surface area contributed by atoms with Gasteiger partial charge in [-0.25, -0.2) is 15.0 Å². The zero-order chi connectivity index (χ0) is 34.9. The van der Waals surface area contributed by atoms with E-state index in [1.807, 2.05) is 36.4 Å². The quantitative estimate of drug-likeness (QED) is 0.182. The topological polar surface area (TPSA) is 51.8 Å². The maximum atomic E-state index is 6.28. The zero-order valence-electron chi connectivity index (χ0n) is 28.5. The van der Waals surface area contributed by atoms with Crippen LogP contribution in [-0.4, -0.2) is 15.0 Å². The van der Waals surface area contributed by atoms with Gasteiger partial charge in [0.15, 0.2) is 17.5 Å². The number of rotatable bonds is 5. The standard InChI is InChI=1S/C49H29N3O/c1-2-12-30(13-3-1)32-16-6-18-34(28-32)47-50-48(52-49(51-47)41-25-11-27-43-46(41)39-20-4-5-26-42(39)53-43)35-19-7-17-33(29-35)36-21-10-23-38-37-22-8-14-31-15-9-24-40(44(31)37)45(36)38/h1-29H. The first kappa shape index (κ1) is 29.5. The molecule has 0 atom stereocenters. The van der Waals surface area contributed by atoms with Crippen molar-refractivity contribution in [1.82, 2.24) is 15.0 Å². The van der Waals surface area contributed by atoms with Gasteiger partial charge in [-0.15, -0.1) is 0 Å². The molecule has 10 aromatic rings. The van der Waals surface area contributed by atoms with Crippen LogP contribution in [0.5, 0.6) is 0 Å². The molecule has 1 aliphatic rings. The molecule has 0 aliphatic heterocycles. The molecular weight excluding hydrogens is 647 g/mol. The number of nitrogens with zero attached hydrogens (tertiary/aromatic N) is 3. The first-order valence-corrected chi connectivity index (χ1v) is 17.9. The number of hydrogen-bond donors (Lipinski definition) is 0. The van der Waals surface area contributed by atoms with Crippen LogP contribution >= 0.6 is 0 Å². The van der Waals surface area contributed by atoms with Gasteiger partial charge in [-0.05, 0) is 79.5 Å². The van der Waals surface area contributed by atoms with Crippen LogP contribution in [0.15, 0.2) is 180 Å². The summed E-state index contributed by atoms with van der Waals surface area (Å²) >= 11 is 0. The molecule has 0 amide bonds. The minimum absolute atomic E-state index is 0.598. The molecule has 0 N–H and O–H groups in total. The first-order valence-electron chi connectivity index (χ1n) is 17.9. The summed E-state index contributed by atoms with van der Waals surface area (Å²) in [6.45, 7) is 0. The molecule has 4 nitrogen and oxygen atoms in total. The smallest absolute Gasteiger partial charge is 0.164 e. The monoisotopic (exact) mass is 675 g/mol. The molecule has 8 aromatic carbocycles. The second kappa shape index (κ2) is 11.7. The molecule has 11 rings (SSSR count). The van der Waals surface area contributed by atoms with Gasteiger partial charge in [0.2, 0.25) is 0 Å². The third-order valence-corrected chi connectivity index (χ3v) is 10.5. The van der Waals surface area contributed by atoms with E-state index in [4.69, 9.17) is 19.4 Å². The van der Waals surface area contributed by atoms with Crippen LogP contribution in [0.25, 0.3) is 111 Å². The molecule has 0 saturated carbocycles. The lowest BCUT2D eigenvalue weighted by atomic mass is 9.92. The molecule has 0 radical (unpaired) electrons. The molecule has 0 spiro atoms. The molecule has 246 valence electrons. The van der Waals surface area contributed by atoms with Crippen LogP contribution in [-0.2, 0) is 0 Å². The molecular formula is C49H29N3O. The van der Waals surface area contributed by atoms with E-state index in [0.717, 1.165) is 55.3 Å². The third kappa shape index (κ3) is 4.73. The lowest BCUT2D eigenvalue weighted by molar-refractivity contribution is 0.669. The highest BCUT2D eigenvalue weighted by atomic mass is 16.3. The van der Waals surface area contributed by atoms with Gasteiger partial charge in [0.1, 0.15) is 11.2 Å². The SMILES string of the molecule is c1ccc(-c2cccc(-c3nc(-c4cccc(-c5cccc6c5-c5cccc7cccc-6c57)c4)nc(-c4cccc5oc6ccccc6c45)n3)c2)cc1. The van der Waals surface area contributed by atoms with Crippen molar-refractivity contribution >= 4 is 32.7 Å². The Morgan fingerprint density at radius 3 is 1.70 bits per heavy atom. The molecule has 0 bridgehead atoms. The van der Waals surface area contributed by atoms with Gasteiger partial charge < -0.3 is 4.42 Å². The highest BCUT2D eigenvalue weighted by Gasteiger charge is 2.24. The molecule has 0 fully saturated rings. The van der Waals surface area contributed by atoms with Crippen molar-refractivity contribution in [3.63, 3.8) is 0 Å². The summed E-state index contributed by atoms with van der Waals surface area (Å²) in [5.41, 5.74) is 14.0. The predicted molar refractivity (Wildman–Crippen MR) is 216 cm³/mol. The number of para-hydroxylation sites is 1. The maximum absolute atomic E-state index is 6.28. The highest BCUT2D eigenvalue weighted by molar-refractivity contribution is 6.18. The van der Waals surface area contributed by atoms with E-state index in [-0.39, 0.29) is 0 Å². The van der Waals surface area contributed by atoms with Crippen molar-refractivity contribution in [3.8, 4) is 78.7 Å². The fourth-order valence-corrected chi connectivity index (χ4v) is 8.09. The second-order valence-corrected chi connectivity index (χ2v) is 13.5. The van der Waals surface area contributed by atoms with Crippen molar-refractivity contribution in [1.29, 1.82) is 0 Å². The summed E-state index contributed by atoms with van der Waals surface area (Å²) in [5.74, 6) is 1.82. The van der Waals surface area contributed by atoms with E-state index < -0.39 is 0 Å². The number of fused-ring (bicyclic) bond motifs is 6. The summed E-state index contributed by atoms with van der Waals surface area (Å²) in [6, 6.07) is 61.5. The van der Waals surface area contributed by atoms with Gasteiger partial charge in [0, 0.05) is 27.5 Å². The molecule has 2 aromatic heterocycles. The van der Waals surface area contributed by atoms with Crippen LogP contribution in [0.1, 0.15) is 0 Å². The zero-order valence-corrected chi connectivity index (χ0v) is 28.5. The van der Waals surface area contributed by atoms with Crippen molar-refractivity contribution in [2.45, 2.75) is 0 Å². The van der Waals surface area contributed by atoms with Crippen LogP contribution in [0.3, 0.4) is 0 Å². The van der Waals surface area contributed by atoms with E-state index in [0.29, 0.717) is 17.5 Å². The predicted octanol–water partition coefficient (Wildman–Crippen LogP) is 12.9. The Balaban J connectivity index is 1.11. The first-order chi connectivity index (χ1) is 26.3. The lowest BCUT2D eigenvalue weighted by Crippen LogP contribution is -2.01. The molecule has 53 heavy (non-hydrogen) atoms. The van der Waals surface area contributed by atoms with Crippen LogP contribution in [0.2, 0.25) is 0 Å². The van der Waals surface area contributed by atoms with Gasteiger partial charge in [-0.3, -0.25) is 0 Å². The Morgan fingerprint density at radius 2 is 0.868 bits per heavy atom. The van der Waals surface area contributed by atoms with Crippen molar-refractivity contribution < 1.29 is 4.42 Å². The lowest BCUT2D eigenvalue weighted by Gasteiger charge is -2.13. The fraction of sp³-hybridized carbons (Fsp3) is 0. The van der Waals surface area contributed by atoms with E-state index in [1.54, 1.807) is 0 Å². The maximum Gasteiger partial charge on any atom is 0.164 e. The van der Waals surface area contributed by atoms with Gasteiger partial charge in [-0.1, -0.05) is 152 Å². The van der Waals surface area contributed by atoms with Gasteiger partial charge in [0.25, 0.3) is 0 Å². The summed E-state index contributed by atoms with van der Waals surface area (Å²) in [5, 5.41) is 4.60. The van der Waals surface area contributed by atoms with Crippen molar-refractivity contribution in [3.05, 3.63) is 176 Å². The summed E-state index contributed by atoms with van der Waals surface area (Å²) in [7, 11) is 0. The van der Waals surface area contributed by atoms with E-state index in [1.165, 1.54) is 38.6 Å². The molecule has 0 saturated heterocycles. The van der Waals surface area contributed by atoms with Gasteiger partial charge >= 0.3 is 0 Å². The van der Waals surface area contributed by atoms with Crippen molar-refractivity contribution in [2.75, 3.05) is 0 Å². The average molecular weight is 676 g/mol. The molecule has 4 heteroatoms. The largest absolute Gasteiger partial charge is 0.456 e. The fourth-order valence-electron chi connectivity index (χ4n) is 8.09. The Morgan fingerprint density at radius 1 is 0.321 bits per heavy atom. The van der Waals surface area contributed by atoms with Crippen LogP contribution in [0.4, 0.5) is 0 Å². The molecule has 2 heterocycles. The average Bonchev–Trinajstić information content (AvgIpc) is 3.78. The Labute approximate surface area is 305 Å². The molecule has 0 unspecified atom stereocenters. The minimum Gasteiger partial charge on any atom is -0.456 e. The second-order valence-electron chi connectivity index (χ2n) is 13.5. The third-order valence-electron chi connectivity index (χ3n) is 10.5. The van der Waals surface area contributed by atoms with E-state index >= 15 is 0 Å². The van der Waals surface area contributed by atoms with E-state index in [2.05, 4.69) is 140 Å². The highest BCUT2D eigenvalue weighted by Crippen LogP contribution is 2.51. The summed E-state index contributed by atoms with van der Waals surface area (Å²) < 4.78 is 6.28. The summed E-state index contributed by atoms with van der Waals surface area (Å²) in [4.78, 5) is 15.6. The minimum atomic E-state index is 0.598. The van der Waals surface area contributed by atoms with Gasteiger partial charge in [-0.2, -0.15) is 0 Å². The Bertz CT molecular complexity index is 3060. The van der Waals surface area contributed by atoms with Gasteiger partial charge in [0.05, 0.1) is 0 Å². The normalized spacial score (nSPS) is 11.8.